The third kappa shape index (κ3) is 2.79. The number of aliphatic hydroxyl groups is 1. The van der Waals surface area contributed by atoms with Crippen LogP contribution in [0, 0.1) is 0 Å². The van der Waals surface area contributed by atoms with Gasteiger partial charge in [0.05, 0.1) is 6.61 Å². The molecule has 0 radical (unpaired) electrons. The van der Waals surface area contributed by atoms with Crippen LogP contribution >= 0.6 is 0 Å². The van der Waals surface area contributed by atoms with Crippen LogP contribution in [0.3, 0.4) is 0 Å². The van der Waals surface area contributed by atoms with Crippen molar-refractivity contribution in [2.75, 3.05) is 13.2 Å². The van der Waals surface area contributed by atoms with Crippen LogP contribution in [0.4, 0.5) is 0 Å². The van der Waals surface area contributed by atoms with Gasteiger partial charge in [0.15, 0.2) is 0 Å². The molecule has 1 rings (SSSR count). The third-order valence-electron chi connectivity index (χ3n) is 1.72. The molecule has 0 fully saturated rings. The van der Waals surface area contributed by atoms with E-state index >= 15 is 0 Å². The van der Waals surface area contributed by atoms with Crippen molar-refractivity contribution in [3.63, 3.8) is 0 Å². The molecule has 0 bridgehead atoms. The number of hydrogen-bond donors (Lipinski definition) is 3. The van der Waals surface area contributed by atoms with Crippen molar-refractivity contribution < 1.29 is 15.0 Å². The van der Waals surface area contributed by atoms with E-state index in [-0.39, 0.29) is 13.2 Å². The molecular formula is C9H12N2O3. The first-order valence-corrected chi connectivity index (χ1v) is 4.22. The van der Waals surface area contributed by atoms with Gasteiger partial charge in [-0.05, 0) is 11.6 Å². The van der Waals surface area contributed by atoms with Gasteiger partial charge in [-0.25, -0.2) is 0 Å². The number of pyridine rings is 1. The Morgan fingerprint density at radius 3 is 2.93 bits per heavy atom. The van der Waals surface area contributed by atoms with E-state index in [9.17, 15) is 4.79 Å². The Bertz CT molecular complexity index is 289. The lowest BCUT2D eigenvalue weighted by Gasteiger charge is -2.12. The minimum absolute atomic E-state index is 0.0932. The van der Waals surface area contributed by atoms with Crippen molar-refractivity contribution in [3.05, 3.63) is 30.1 Å². The lowest BCUT2D eigenvalue weighted by Crippen LogP contribution is -2.30. The highest BCUT2D eigenvalue weighted by Crippen LogP contribution is 2.10. The SMILES string of the molecule is O=C(O)[C@H](NCCO)c1cccnc1. The van der Waals surface area contributed by atoms with Gasteiger partial charge in [-0.2, -0.15) is 0 Å². The highest BCUT2D eigenvalue weighted by Gasteiger charge is 2.18. The molecule has 0 unspecified atom stereocenters. The van der Waals surface area contributed by atoms with E-state index in [4.69, 9.17) is 10.2 Å². The van der Waals surface area contributed by atoms with Crippen LogP contribution in [0.1, 0.15) is 11.6 Å². The second-order valence-corrected chi connectivity index (χ2v) is 2.74. The van der Waals surface area contributed by atoms with Crippen LogP contribution in [-0.2, 0) is 4.79 Å². The fourth-order valence-electron chi connectivity index (χ4n) is 1.10. The highest BCUT2D eigenvalue weighted by molar-refractivity contribution is 5.75. The molecule has 5 nitrogen and oxygen atoms in total. The van der Waals surface area contributed by atoms with Gasteiger partial charge < -0.3 is 10.2 Å². The van der Waals surface area contributed by atoms with Gasteiger partial charge in [0.1, 0.15) is 6.04 Å². The average Bonchev–Trinajstić information content (AvgIpc) is 2.19. The third-order valence-corrected chi connectivity index (χ3v) is 1.72. The molecule has 0 aliphatic carbocycles. The van der Waals surface area contributed by atoms with Crippen LogP contribution in [0.5, 0.6) is 0 Å². The summed E-state index contributed by atoms with van der Waals surface area (Å²) in [6.45, 7) is 0.149. The van der Waals surface area contributed by atoms with Crippen LogP contribution in [0.2, 0.25) is 0 Å². The van der Waals surface area contributed by atoms with E-state index in [1.165, 1.54) is 6.20 Å². The standard InChI is InChI=1S/C9H12N2O3/c12-5-4-11-8(9(13)14)7-2-1-3-10-6-7/h1-3,6,8,11-12H,4-5H2,(H,13,14)/t8-/m1/s1. The van der Waals surface area contributed by atoms with Crippen molar-refractivity contribution >= 4 is 5.97 Å². The summed E-state index contributed by atoms with van der Waals surface area (Å²) in [5.74, 6) is -0.980. The van der Waals surface area contributed by atoms with Gasteiger partial charge in [0, 0.05) is 18.9 Å². The largest absolute Gasteiger partial charge is 0.480 e. The Morgan fingerprint density at radius 2 is 2.43 bits per heavy atom. The fraction of sp³-hybridized carbons (Fsp3) is 0.333. The first-order chi connectivity index (χ1) is 6.75. The van der Waals surface area contributed by atoms with E-state index < -0.39 is 12.0 Å². The lowest BCUT2D eigenvalue weighted by molar-refractivity contribution is -0.139. The van der Waals surface area contributed by atoms with E-state index in [1.54, 1.807) is 18.3 Å². The van der Waals surface area contributed by atoms with Crippen molar-refractivity contribution in [1.82, 2.24) is 10.3 Å². The molecule has 0 aliphatic heterocycles. The maximum absolute atomic E-state index is 10.8. The maximum Gasteiger partial charge on any atom is 0.325 e. The zero-order valence-electron chi connectivity index (χ0n) is 7.55. The normalized spacial score (nSPS) is 12.4. The molecule has 1 atom stereocenters. The molecule has 1 aromatic rings. The molecular weight excluding hydrogens is 184 g/mol. The van der Waals surface area contributed by atoms with Crippen LogP contribution < -0.4 is 5.32 Å². The zero-order valence-corrected chi connectivity index (χ0v) is 7.55. The summed E-state index contributed by atoms with van der Waals surface area (Å²) < 4.78 is 0. The van der Waals surface area contributed by atoms with Crippen molar-refractivity contribution in [3.8, 4) is 0 Å². The number of rotatable bonds is 5. The summed E-state index contributed by atoms with van der Waals surface area (Å²) >= 11 is 0. The predicted octanol–water partition coefficient (Wildman–Crippen LogP) is -0.211. The number of nitrogens with one attached hydrogen (secondary N) is 1. The van der Waals surface area contributed by atoms with Gasteiger partial charge in [0.25, 0.3) is 0 Å². The Hall–Kier alpha value is -1.46. The fourth-order valence-corrected chi connectivity index (χ4v) is 1.10. The molecule has 0 spiro atoms. The van der Waals surface area contributed by atoms with Crippen molar-refractivity contribution in [2.24, 2.45) is 0 Å². The number of aliphatic carboxylic acids is 1. The van der Waals surface area contributed by atoms with Crippen LogP contribution in [0.15, 0.2) is 24.5 Å². The average molecular weight is 196 g/mol. The molecule has 5 heteroatoms. The molecule has 1 heterocycles. The maximum atomic E-state index is 10.8. The summed E-state index contributed by atoms with van der Waals surface area (Å²) in [4.78, 5) is 14.7. The highest BCUT2D eigenvalue weighted by atomic mass is 16.4. The first-order valence-electron chi connectivity index (χ1n) is 4.22. The Morgan fingerprint density at radius 1 is 1.64 bits per heavy atom. The van der Waals surface area contributed by atoms with Gasteiger partial charge in [-0.1, -0.05) is 6.07 Å². The molecule has 1 aromatic heterocycles. The molecule has 0 saturated carbocycles. The van der Waals surface area contributed by atoms with Gasteiger partial charge in [0.2, 0.25) is 0 Å². The topological polar surface area (TPSA) is 82.5 Å². The second kappa shape index (κ2) is 5.31. The van der Waals surface area contributed by atoms with Gasteiger partial charge in [-0.3, -0.25) is 15.1 Å². The van der Waals surface area contributed by atoms with Crippen molar-refractivity contribution in [1.29, 1.82) is 0 Å². The zero-order chi connectivity index (χ0) is 10.4. The van der Waals surface area contributed by atoms with Gasteiger partial charge >= 0.3 is 5.97 Å². The molecule has 0 amide bonds. The Kier molecular flexibility index (Phi) is 4.03. The Balaban J connectivity index is 2.73. The van der Waals surface area contributed by atoms with Crippen LogP contribution in [0.25, 0.3) is 0 Å². The minimum atomic E-state index is -0.980. The smallest absolute Gasteiger partial charge is 0.325 e. The number of nitrogens with zero attached hydrogens (tertiary/aromatic N) is 1. The summed E-state index contributed by atoms with van der Waals surface area (Å²) in [7, 11) is 0. The number of aromatic nitrogens is 1. The van der Waals surface area contributed by atoms with E-state index in [2.05, 4.69) is 10.3 Å². The number of hydrogen-bond acceptors (Lipinski definition) is 4. The monoisotopic (exact) mass is 196 g/mol. The second-order valence-electron chi connectivity index (χ2n) is 2.74. The molecule has 76 valence electrons. The van der Waals surface area contributed by atoms with Crippen molar-refractivity contribution in [2.45, 2.75) is 6.04 Å². The summed E-state index contributed by atoms with van der Waals surface area (Å²) in [5.41, 5.74) is 0.577. The summed E-state index contributed by atoms with van der Waals surface area (Å²) in [6, 6.07) is 2.54. The van der Waals surface area contributed by atoms with Gasteiger partial charge in [-0.15, -0.1) is 0 Å². The van der Waals surface area contributed by atoms with E-state index in [1.807, 2.05) is 0 Å². The minimum Gasteiger partial charge on any atom is -0.480 e. The quantitative estimate of drug-likeness (QED) is 0.607. The molecule has 0 aliphatic rings. The number of aliphatic hydroxyl groups excluding tert-OH is 1. The Labute approximate surface area is 81.4 Å². The summed E-state index contributed by atoms with van der Waals surface area (Å²) in [6.07, 6.45) is 3.07. The molecule has 0 saturated heterocycles. The first kappa shape index (κ1) is 10.6. The van der Waals surface area contributed by atoms with E-state index in [0.717, 1.165) is 0 Å². The molecule has 14 heavy (non-hydrogen) atoms. The molecule has 3 N–H and O–H groups in total. The lowest BCUT2D eigenvalue weighted by atomic mass is 10.1. The number of carboxylic acids is 1. The van der Waals surface area contributed by atoms with E-state index in [0.29, 0.717) is 5.56 Å². The number of carboxylic acid groups (broad SMARTS) is 1. The summed E-state index contributed by atoms with van der Waals surface area (Å²) in [5, 5.41) is 20.1. The molecule has 0 aromatic carbocycles. The van der Waals surface area contributed by atoms with Crippen LogP contribution in [-0.4, -0.2) is 34.3 Å². The number of carbonyl (C=O) groups is 1. The predicted molar refractivity (Wildman–Crippen MR) is 49.7 cm³/mol.